The normalized spacial score (nSPS) is 54.0. The molecule has 4 saturated heterocycles. The molecule has 22 nitrogen and oxygen atoms in total. The van der Waals surface area contributed by atoms with Gasteiger partial charge in [0.1, 0.15) is 85.5 Å². The van der Waals surface area contributed by atoms with Crippen LogP contribution in [0.2, 0.25) is 0 Å². The summed E-state index contributed by atoms with van der Waals surface area (Å²) < 4.78 is 48.6. The third kappa shape index (κ3) is 8.50. The van der Waals surface area contributed by atoms with Crippen LogP contribution in [0, 0.1) is 28.1 Å². The number of hydrogen-bond acceptors (Lipinski definition) is 22. The van der Waals surface area contributed by atoms with Crippen LogP contribution in [-0.2, 0) is 42.7 Å². The third-order valence-corrected chi connectivity index (χ3v) is 17.0. The molecule has 4 aliphatic heterocycles. The molecule has 2 bridgehead atoms. The van der Waals surface area contributed by atoms with Gasteiger partial charge in [-0.15, -0.1) is 0 Å². The first-order chi connectivity index (χ1) is 31.2. The third-order valence-electron chi connectivity index (χ3n) is 17.0. The molecule has 8 aliphatic rings. The van der Waals surface area contributed by atoms with Crippen LogP contribution in [0.25, 0.3) is 0 Å². The smallest absolute Gasteiger partial charge is 0.314 e. The number of esters is 1. The molecule has 4 saturated carbocycles. The second-order valence-corrected chi connectivity index (χ2v) is 20.7. The van der Waals surface area contributed by atoms with Crippen molar-refractivity contribution < 1.29 is 109 Å². The molecule has 378 valence electrons. The molecule has 0 aromatic rings. The van der Waals surface area contributed by atoms with Gasteiger partial charge >= 0.3 is 5.97 Å². The van der Waals surface area contributed by atoms with Gasteiger partial charge in [-0.25, -0.2) is 0 Å². The quantitative estimate of drug-likeness (QED) is 0.0503. The lowest BCUT2D eigenvalue weighted by atomic mass is 9.41. The topological polar surface area (TPSA) is 354 Å². The molecule has 22 heteroatoms. The Morgan fingerprint density at radius 2 is 1.18 bits per heavy atom. The Bertz CT molecular complexity index is 1720. The molecule has 0 aromatic carbocycles. The lowest BCUT2D eigenvalue weighted by Crippen LogP contribution is -2.67. The summed E-state index contributed by atoms with van der Waals surface area (Å²) in [5.74, 6) is -0.735. The summed E-state index contributed by atoms with van der Waals surface area (Å²) in [5, 5.41) is 136. The van der Waals surface area contributed by atoms with E-state index >= 15 is 0 Å². The zero-order valence-electron chi connectivity index (χ0n) is 37.2. The van der Waals surface area contributed by atoms with Gasteiger partial charge in [0.05, 0.1) is 43.5 Å². The van der Waals surface area contributed by atoms with Crippen molar-refractivity contribution in [2.24, 2.45) is 28.1 Å². The van der Waals surface area contributed by atoms with Crippen LogP contribution in [0.3, 0.4) is 0 Å². The highest BCUT2D eigenvalue weighted by molar-refractivity contribution is 5.77. The van der Waals surface area contributed by atoms with Gasteiger partial charge in [0, 0.05) is 6.42 Å². The number of carbonyl (C=O) groups excluding carboxylic acids is 1. The highest BCUT2D eigenvalue weighted by Crippen LogP contribution is 2.73. The van der Waals surface area contributed by atoms with Crippen LogP contribution in [0.4, 0.5) is 0 Å². The molecular weight excluding hydrogens is 880 g/mol. The predicted octanol–water partition coefficient (Wildman–Crippen LogP) is -4.08. The van der Waals surface area contributed by atoms with Crippen molar-refractivity contribution in [2.75, 3.05) is 26.4 Å². The van der Waals surface area contributed by atoms with Crippen molar-refractivity contribution >= 4 is 5.97 Å². The number of ether oxygens (including phenoxy) is 8. The Morgan fingerprint density at radius 1 is 0.621 bits per heavy atom. The lowest BCUT2D eigenvalue weighted by molar-refractivity contribution is -0.394. The molecule has 8 rings (SSSR count). The van der Waals surface area contributed by atoms with Crippen LogP contribution >= 0.6 is 0 Å². The number of hydrogen-bond donors (Lipinski definition) is 13. The maximum absolute atomic E-state index is 14.3. The van der Waals surface area contributed by atoms with Gasteiger partial charge in [0.2, 0.25) is 6.29 Å². The molecule has 10 unspecified atom stereocenters. The van der Waals surface area contributed by atoms with Crippen LogP contribution < -0.4 is 0 Å². The largest absolute Gasteiger partial charge is 0.432 e. The zero-order valence-corrected chi connectivity index (χ0v) is 37.2. The summed E-state index contributed by atoms with van der Waals surface area (Å²) in [4.78, 5) is 14.3. The summed E-state index contributed by atoms with van der Waals surface area (Å²) in [5.41, 5.74) is -2.15. The van der Waals surface area contributed by atoms with Gasteiger partial charge in [0.25, 0.3) is 0 Å². The number of aliphatic hydroxyl groups excluding tert-OH is 13. The lowest BCUT2D eigenvalue weighted by Gasteiger charge is -2.64. The van der Waals surface area contributed by atoms with Gasteiger partial charge in [-0.3, -0.25) is 4.79 Å². The summed E-state index contributed by atoms with van der Waals surface area (Å²) in [6.45, 7) is 5.70. The fourth-order valence-electron chi connectivity index (χ4n) is 13.5. The number of rotatable bonds is 12. The predicted molar refractivity (Wildman–Crippen MR) is 218 cm³/mol. The van der Waals surface area contributed by atoms with Gasteiger partial charge in [0.15, 0.2) is 18.9 Å². The van der Waals surface area contributed by atoms with Crippen molar-refractivity contribution in [1.29, 1.82) is 0 Å². The van der Waals surface area contributed by atoms with E-state index in [2.05, 4.69) is 13.5 Å². The maximum atomic E-state index is 14.3. The minimum atomic E-state index is -1.90. The molecule has 4 heterocycles. The fraction of sp³-hybridized carbons (Fsp3) is 0.932. The fourth-order valence-corrected chi connectivity index (χ4v) is 13.5. The second-order valence-electron chi connectivity index (χ2n) is 20.7. The molecule has 13 N–H and O–H groups in total. The molecule has 1 spiro atoms. The zero-order chi connectivity index (χ0) is 47.8. The van der Waals surface area contributed by atoms with Crippen molar-refractivity contribution in [3.05, 3.63) is 12.2 Å². The van der Waals surface area contributed by atoms with Gasteiger partial charge < -0.3 is 104 Å². The van der Waals surface area contributed by atoms with E-state index in [1.165, 1.54) is 0 Å². The summed E-state index contributed by atoms with van der Waals surface area (Å²) in [6.07, 6.45) is -24.9. The average Bonchev–Trinajstić information content (AvgIpc) is 3.49. The highest BCUT2D eigenvalue weighted by Gasteiger charge is 2.69. The molecule has 0 radical (unpaired) electrons. The monoisotopic (exact) mass is 950 g/mol. The summed E-state index contributed by atoms with van der Waals surface area (Å²) in [6, 6.07) is 0. The Kier molecular flexibility index (Phi) is 14.8. The molecule has 0 amide bonds. The van der Waals surface area contributed by atoms with E-state index in [4.69, 9.17) is 37.9 Å². The maximum Gasteiger partial charge on any atom is 0.314 e. The summed E-state index contributed by atoms with van der Waals surface area (Å²) >= 11 is 0. The average molecular weight is 951 g/mol. The highest BCUT2D eigenvalue weighted by atomic mass is 16.8. The number of carbonyl (C=O) groups is 1. The molecular formula is C44H70O22. The minimum absolute atomic E-state index is 0.0561. The molecule has 66 heavy (non-hydrogen) atoms. The Hall–Kier alpha value is -1.59. The molecule has 0 aromatic heterocycles. The molecule has 25 atom stereocenters. The van der Waals surface area contributed by atoms with E-state index < -0.39 is 166 Å². The first kappa shape index (κ1) is 50.8. The second kappa shape index (κ2) is 19.2. The van der Waals surface area contributed by atoms with Gasteiger partial charge in [-0.1, -0.05) is 19.9 Å². The Balaban J connectivity index is 1.06. The van der Waals surface area contributed by atoms with Crippen molar-refractivity contribution in [3.8, 4) is 0 Å². The Labute approximate surface area is 381 Å². The van der Waals surface area contributed by atoms with E-state index in [1.807, 2.05) is 6.92 Å². The number of fused-ring (bicyclic) bond motifs is 3. The van der Waals surface area contributed by atoms with Gasteiger partial charge in [-0.05, 0) is 86.5 Å². The van der Waals surface area contributed by atoms with Gasteiger partial charge in [-0.2, -0.15) is 0 Å². The SMILES string of the molecule is C=C1C[C@@]23CC[C@H]4[C@@](C)(CCC[C@@]4(C)C(=O)O[C@@H]4OC(CO)[C@@H](O)[C@H](O)C4O)[C@@H]2CC[C@]1(OC1O[C@H](CO)C(O)C(OC2CC(O)C(O)[C@@H](CO)O2)[C@H]1O[C@@H]1O[C@@H](CO)[C@@H](O)C(O)C1O)C3. The van der Waals surface area contributed by atoms with E-state index in [0.717, 1.165) is 12.0 Å². The van der Waals surface area contributed by atoms with Crippen LogP contribution in [0.15, 0.2) is 12.2 Å². The molecule has 4 aliphatic carbocycles. The van der Waals surface area contributed by atoms with Crippen molar-refractivity contribution in [2.45, 2.75) is 200 Å². The first-order valence-electron chi connectivity index (χ1n) is 23.3. The van der Waals surface area contributed by atoms with Crippen molar-refractivity contribution in [1.82, 2.24) is 0 Å². The van der Waals surface area contributed by atoms with Crippen molar-refractivity contribution in [3.63, 3.8) is 0 Å². The molecule has 8 fully saturated rings. The first-order valence-corrected chi connectivity index (χ1v) is 23.3. The van der Waals surface area contributed by atoms with Crippen LogP contribution in [-0.4, -0.2) is 221 Å². The van der Waals surface area contributed by atoms with E-state index in [1.54, 1.807) is 0 Å². The summed E-state index contributed by atoms with van der Waals surface area (Å²) in [7, 11) is 0. The van der Waals surface area contributed by atoms with E-state index in [-0.39, 0.29) is 23.7 Å². The van der Waals surface area contributed by atoms with Crippen LogP contribution in [0.1, 0.15) is 78.1 Å². The standard InChI is InChI=1S/C44H70O22/c1-18-12-43-9-5-24-41(2,7-4-8-42(24,3)40(58)65-38-34(57)32(55)29(52)22(15-47)61-38)25(43)6-10-44(18,17-43)66-39-36(64-37-33(56)31(54)28(51)21(14-46)60-37)35(30(53)23(16-48)62-39)63-26-11-19(49)27(50)20(13-45)59-26/h19-39,45-57H,1,4-17H2,2-3H3/t19?,20-,21+,22?,23-,24+,25+,26?,27?,28-,29-,30?,31?,32+,33?,34?,35?,36-,37+,38+,39?,41-,42-,43-,44+/m1/s1. The van der Waals surface area contributed by atoms with Crippen LogP contribution in [0.5, 0.6) is 0 Å². The number of aliphatic hydroxyl groups is 13. The minimum Gasteiger partial charge on any atom is -0.432 e. The van der Waals surface area contributed by atoms with E-state index in [9.17, 15) is 71.2 Å². The Morgan fingerprint density at radius 3 is 1.82 bits per heavy atom. The van der Waals surface area contributed by atoms with E-state index in [0.29, 0.717) is 51.4 Å².